The van der Waals surface area contributed by atoms with Gasteiger partial charge in [0.25, 0.3) is 0 Å². The second-order valence-corrected chi connectivity index (χ2v) is 6.94. The predicted octanol–water partition coefficient (Wildman–Crippen LogP) is 2.71. The molecule has 1 saturated carbocycles. The molecule has 0 aromatic heterocycles. The van der Waals surface area contributed by atoms with Gasteiger partial charge in [0.1, 0.15) is 5.75 Å². The lowest BCUT2D eigenvalue weighted by molar-refractivity contribution is 0.324. The van der Waals surface area contributed by atoms with Gasteiger partial charge in [-0.25, -0.2) is 0 Å². The summed E-state index contributed by atoms with van der Waals surface area (Å²) in [6, 6.07) is 7.57. The molecule has 1 aliphatic rings. The molecule has 4 atom stereocenters. The average Bonchev–Trinajstić information content (AvgIpc) is 2.47. The monoisotopic (exact) mass is 281 g/mol. The van der Waals surface area contributed by atoms with Crippen LogP contribution < -0.4 is 10.5 Å². The molecule has 4 heteroatoms. The zero-order chi connectivity index (χ0) is 13.8. The quantitative estimate of drug-likeness (QED) is 0.923. The normalized spacial score (nSPS) is 28.9. The first-order valence-corrected chi connectivity index (χ1v) is 8.17. The fourth-order valence-corrected chi connectivity index (χ4v) is 4.45. The summed E-state index contributed by atoms with van der Waals surface area (Å²) in [5.74, 6) is 1.42. The molecule has 0 saturated heterocycles. The van der Waals surface area contributed by atoms with Gasteiger partial charge in [-0.1, -0.05) is 19.4 Å². The van der Waals surface area contributed by atoms with E-state index in [1.165, 1.54) is 6.42 Å². The first kappa shape index (κ1) is 14.5. The van der Waals surface area contributed by atoms with Crippen molar-refractivity contribution in [3.8, 4) is 5.75 Å². The van der Waals surface area contributed by atoms with Crippen molar-refractivity contribution in [2.45, 2.75) is 48.8 Å². The third-order valence-corrected chi connectivity index (χ3v) is 5.89. The Kier molecular flexibility index (Phi) is 4.99. The standard InChI is InChI=1S/C15H23NO2S/c1-3-11-7-8-14(16)15(9-11)19(17)13-6-4-5-12(10-13)18-2/h4-6,10-11,14-15H,3,7-9,16H2,1-2H3. The Bertz CT molecular complexity index is 450. The minimum absolute atomic E-state index is 0.0508. The van der Waals surface area contributed by atoms with Gasteiger partial charge in [-0.05, 0) is 43.4 Å². The number of rotatable bonds is 4. The van der Waals surface area contributed by atoms with Crippen LogP contribution in [0, 0.1) is 5.92 Å². The third-order valence-electron chi connectivity index (χ3n) is 4.08. The van der Waals surface area contributed by atoms with Gasteiger partial charge in [0.2, 0.25) is 0 Å². The van der Waals surface area contributed by atoms with Gasteiger partial charge in [0, 0.05) is 10.9 Å². The third kappa shape index (κ3) is 3.37. The van der Waals surface area contributed by atoms with Crippen molar-refractivity contribution in [2.24, 2.45) is 11.7 Å². The van der Waals surface area contributed by atoms with Crippen LogP contribution in [-0.2, 0) is 10.8 Å². The van der Waals surface area contributed by atoms with Crippen molar-refractivity contribution in [2.75, 3.05) is 7.11 Å². The molecule has 0 radical (unpaired) electrons. The fraction of sp³-hybridized carbons (Fsp3) is 0.600. The van der Waals surface area contributed by atoms with Crippen molar-refractivity contribution in [1.29, 1.82) is 0 Å². The van der Waals surface area contributed by atoms with Crippen LogP contribution in [0.4, 0.5) is 0 Å². The number of ether oxygens (including phenoxy) is 1. The minimum atomic E-state index is -1.04. The lowest BCUT2D eigenvalue weighted by Crippen LogP contribution is -2.42. The van der Waals surface area contributed by atoms with Crippen LogP contribution in [0.5, 0.6) is 5.75 Å². The van der Waals surface area contributed by atoms with E-state index in [0.29, 0.717) is 5.92 Å². The molecular weight excluding hydrogens is 258 g/mol. The Morgan fingerprint density at radius 1 is 1.42 bits per heavy atom. The molecular formula is C15H23NO2S. The highest BCUT2D eigenvalue weighted by atomic mass is 32.2. The largest absolute Gasteiger partial charge is 0.497 e. The van der Waals surface area contributed by atoms with Crippen LogP contribution in [-0.4, -0.2) is 22.6 Å². The number of nitrogens with two attached hydrogens (primary N) is 1. The maximum absolute atomic E-state index is 12.7. The highest BCUT2D eigenvalue weighted by Crippen LogP contribution is 2.31. The molecule has 19 heavy (non-hydrogen) atoms. The van der Waals surface area contributed by atoms with Gasteiger partial charge in [0.15, 0.2) is 0 Å². The molecule has 1 aliphatic carbocycles. The lowest BCUT2D eigenvalue weighted by Gasteiger charge is -2.33. The van der Waals surface area contributed by atoms with Crippen molar-refractivity contribution in [3.63, 3.8) is 0 Å². The summed E-state index contributed by atoms with van der Waals surface area (Å²) in [6.45, 7) is 2.20. The summed E-state index contributed by atoms with van der Waals surface area (Å²) in [7, 11) is 0.587. The molecule has 0 spiro atoms. The molecule has 4 unspecified atom stereocenters. The van der Waals surface area contributed by atoms with Crippen molar-refractivity contribution >= 4 is 10.8 Å². The molecule has 0 amide bonds. The topological polar surface area (TPSA) is 52.3 Å². The Morgan fingerprint density at radius 3 is 2.89 bits per heavy atom. The van der Waals surface area contributed by atoms with Crippen LogP contribution in [0.15, 0.2) is 29.2 Å². The SMILES string of the molecule is CCC1CCC(N)C(S(=O)c2cccc(OC)c2)C1. The zero-order valence-electron chi connectivity index (χ0n) is 11.7. The summed E-state index contributed by atoms with van der Waals surface area (Å²) >= 11 is 0. The number of hydrogen-bond donors (Lipinski definition) is 1. The Hall–Kier alpha value is -0.870. The smallest absolute Gasteiger partial charge is 0.120 e. The molecule has 2 rings (SSSR count). The van der Waals surface area contributed by atoms with E-state index in [0.717, 1.165) is 29.9 Å². The van der Waals surface area contributed by atoms with E-state index in [1.54, 1.807) is 7.11 Å². The molecule has 3 nitrogen and oxygen atoms in total. The highest BCUT2D eigenvalue weighted by molar-refractivity contribution is 7.85. The first-order valence-electron chi connectivity index (χ1n) is 6.96. The van der Waals surface area contributed by atoms with Gasteiger partial charge in [-0.3, -0.25) is 4.21 Å². The van der Waals surface area contributed by atoms with E-state index in [-0.39, 0.29) is 11.3 Å². The summed E-state index contributed by atoms with van der Waals surface area (Å²) in [6.07, 6.45) is 4.28. The van der Waals surface area contributed by atoms with Crippen molar-refractivity contribution in [1.82, 2.24) is 0 Å². The van der Waals surface area contributed by atoms with E-state index in [4.69, 9.17) is 10.5 Å². The van der Waals surface area contributed by atoms with Crippen LogP contribution in [0.2, 0.25) is 0 Å². The van der Waals surface area contributed by atoms with Gasteiger partial charge < -0.3 is 10.5 Å². The summed E-state index contributed by atoms with van der Waals surface area (Å²) < 4.78 is 17.9. The van der Waals surface area contributed by atoms with E-state index in [2.05, 4.69) is 6.92 Å². The first-order chi connectivity index (χ1) is 9.15. The molecule has 1 fully saturated rings. The van der Waals surface area contributed by atoms with E-state index in [9.17, 15) is 4.21 Å². The van der Waals surface area contributed by atoms with E-state index >= 15 is 0 Å². The maximum Gasteiger partial charge on any atom is 0.120 e. The summed E-state index contributed by atoms with van der Waals surface area (Å²) in [5, 5.41) is 0.0748. The lowest BCUT2D eigenvalue weighted by atomic mass is 9.84. The van der Waals surface area contributed by atoms with Gasteiger partial charge >= 0.3 is 0 Å². The average molecular weight is 281 g/mol. The second-order valence-electron chi connectivity index (χ2n) is 5.27. The van der Waals surface area contributed by atoms with Crippen molar-refractivity contribution in [3.05, 3.63) is 24.3 Å². The number of methoxy groups -OCH3 is 1. The van der Waals surface area contributed by atoms with Gasteiger partial charge in [-0.15, -0.1) is 0 Å². The van der Waals surface area contributed by atoms with Crippen molar-refractivity contribution < 1.29 is 8.95 Å². The highest BCUT2D eigenvalue weighted by Gasteiger charge is 2.32. The minimum Gasteiger partial charge on any atom is -0.497 e. The maximum atomic E-state index is 12.7. The molecule has 1 aromatic rings. The van der Waals surface area contributed by atoms with Crippen LogP contribution in [0.3, 0.4) is 0 Å². The number of benzene rings is 1. The molecule has 0 bridgehead atoms. The Labute approximate surface area is 118 Å². The van der Waals surface area contributed by atoms with Gasteiger partial charge in [-0.2, -0.15) is 0 Å². The summed E-state index contributed by atoms with van der Waals surface area (Å²) in [4.78, 5) is 0.830. The van der Waals surface area contributed by atoms with E-state index in [1.807, 2.05) is 24.3 Å². The van der Waals surface area contributed by atoms with Crippen LogP contribution in [0.1, 0.15) is 32.6 Å². The molecule has 0 heterocycles. The zero-order valence-corrected chi connectivity index (χ0v) is 12.5. The predicted molar refractivity (Wildman–Crippen MR) is 78.8 cm³/mol. The molecule has 2 N–H and O–H groups in total. The Balaban J connectivity index is 2.16. The van der Waals surface area contributed by atoms with Crippen LogP contribution >= 0.6 is 0 Å². The summed E-state index contributed by atoms with van der Waals surface area (Å²) in [5.41, 5.74) is 6.18. The van der Waals surface area contributed by atoms with Crippen LogP contribution in [0.25, 0.3) is 0 Å². The van der Waals surface area contributed by atoms with E-state index < -0.39 is 10.8 Å². The fourth-order valence-electron chi connectivity index (χ4n) is 2.75. The van der Waals surface area contributed by atoms with Gasteiger partial charge in [0.05, 0.1) is 23.2 Å². The number of hydrogen-bond acceptors (Lipinski definition) is 3. The molecule has 1 aromatic carbocycles. The Morgan fingerprint density at radius 2 is 2.21 bits per heavy atom. The molecule has 106 valence electrons. The molecule has 0 aliphatic heterocycles. The second kappa shape index (κ2) is 6.53.